The lowest BCUT2D eigenvalue weighted by Crippen LogP contribution is -2.20. The van der Waals surface area contributed by atoms with Gasteiger partial charge in [0.05, 0.1) is 20.9 Å². The summed E-state index contributed by atoms with van der Waals surface area (Å²) >= 11 is 5.59. The van der Waals surface area contributed by atoms with Crippen molar-refractivity contribution in [3.63, 3.8) is 0 Å². The van der Waals surface area contributed by atoms with Crippen LogP contribution in [0.1, 0.15) is 0 Å². The maximum atomic E-state index is 10.7. The number of hydrogen-bond acceptors (Lipinski definition) is 5. The lowest BCUT2D eigenvalue weighted by molar-refractivity contribution is -0.393. The first kappa shape index (κ1) is 12.6. The van der Waals surface area contributed by atoms with E-state index >= 15 is 0 Å². The number of carbonyl (C=O) groups is 1. The summed E-state index contributed by atoms with van der Waals surface area (Å²) in [5, 5.41) is 22.7. The molecule has 0 aromatic heterocycles. The molecule has 0 bridgehead atoms. The van der Waals surface area contributed by atoms with Gasteiger partial charge in [0, 0.05) is 6.07 Å². The highest BCUT2D eigenvalue weighted by atomic mass is 35.5. The third-order valence-corrected chi connectivity index (χ3v) is 2.01. The Morgan fingerprint density at radius 2 is 1.88 bits per heavy atom. The number of nitro benzene ring substituents is 2. The van der Waals surface area contributed by atoms with Gasteiger partial charge >= 0.3 is 11.7 Å². The maximum absolute atomic E-state index is 10.7. The van der Waals surface area contributed by atoms with Crippen LogP contribution in [0.3, 0.4) is 0 Å². The van der Waals surface area contributed by atoms with Gasteiger partial charge in [-0.2, -0.15) is 0 Å². The van der Waals surface area contributed by atoms with Gasteiger partial charge in [-0.05, 0) is 0 Å². The number of rotatable bonds is 3. The first-order valence-corrected chi connectivity index (χ1v) is 4.39. The van der Waals surface area contributed by atoms with E-state index in [1.807, 2.05) is 5.32 Å². The number of nitro groups is 2. The lowest BCUT2D eigenvalue weighted by Gasteiger charge is -2.05. The molecule has 0 fully saturated rings. The second-order valence-electron chi connectivity index (χ2n) is 2.83. The molecule has 0 spiro atoms. The van der Waals surface area contributed by atoms with Gasteiger partial charge in [0.1, 0.15) is 5.69 Å². The normalized spacial score (nSPS) is 9.71. The molecule has 0 radical (unpaired) electrons. The van der Waals surface area contributed by atoms with E-state index < -0.39 is 27.3 Å². The van der Waals surface area contributed by atoms with Crippen LogP contribution < -0.4 is 11.1 Å². The number of carbonyl (C=O) groups excluding carboxylic acids is 1. The van der Waals surface area contributed by atoms with Crippen molar-refractivity contribution in [3.8, 4) is 0 Å². The molecule has 0 aliphatic heterocycles. The molecule has 1 aromatic carbocycles. The molecule has 10 heteroatoms. The summed E-state index contributed by atoms with van der Waals surface area (Å²) < 4.78 is 0. The van der Waals surface area contributed by atoms with E-state index in [9.17, 15) is 25.0 Å². The predicted molar refractivity (Wildman–Crippen MR) is 58.0 cm³/mol. The van der Waals surface area contributed by atoms with Gasteiger partial charge in [-0.15, -0.1) is 0 Å². The Kier molecular flexibility index (Phi) is 3.43. The molecule has 17 heavy (non-hydrogen) atoms. The summed E-state index contributed by atoms with van der Waals surface area (Å²) in [6.45, 7) is 0. The second-order valence-corrected chi connectivity index (χ2v) is 3.23. The molecule has 9 nitrogen and oxygen atoms in total. The molecule has 0 aliphatic rings. The highest BCUT2D eigenvalue weighted by Crippen LogP contribution is 2.36. The lowest BCUT2D eigenvalue weighted by atomic mass is 10.2. The number of hydrogen-bond donors (Lipinski definition) is 2. The largest absolute Gasteiger partial charge is 0.351 e. The predicted octanol–water partition coefficient (Wildman–Crippen LogP) is 1.65. The monoisotopic (exact) mass is 260 g/mol. The zero-order valence-electron chi connectivity index (χ0n) is 8.05. The average molecular weight is 261 g/mol. The van der Waals surface area contributed by atoms with E-state index in [4.69, 9.17) is 17.3 Å². The van der Waals surface area contributed by atoms with Crippen LogP contribution in [0.5, 0.6) is 0 Å². The number of amides is 2. The van der Waals surface area contributed by atoms with Crippen molar-refractivity contribution in [1.29, 1.82) is 0 Å². The zero-order valence-corrected chi connectivity index (χ0v) is 8.80. The van der Waals surface area contributed by atoms with Crippen molar-refractivity contribution >= 4 is 34.7 Å². The van der Waals surface area contributed by atoms with Crippen LogP contribution in [0.25, 0.3) is 0 Å². The van der Waals surface area contributed by atoms with Gasteiger partial charge in [-0.1, -0.05) is 11.6 Å². The Morgan fingerprint density at radius 1 is 1.29 bits per heavy atom. The van der Waals surface area contributed by atoms with E-state index in [-0.39, 0.29) is 10.7 Å². The van der Waals surface area contributed by atoms with Crippen LogP contribution in [-0.4, -0.2) is 15.9 Å². The summed E-state index contributed by atoms with van der Waals surface area (Å²) in [6.07, 6.45) is 0. The van der Waals surface area contributed by atoms with Crippen LogP contribution in [0.4, 0.5) is 21.9 Å². The molecule has 1 rings (SSSR count). The van der Waals surface area contributed by atoms with Crippen LogP contribution >= 0.6 is 11.6 Å². The fraction of sp³-hybridized carbons (Fsp3) is 0. The Hall–Kier alpha value is -2.42. The Balaban J connectivity index is 3.43. The summed E-state index contributed by atoms with van der Waals surface area (Å²) in [4.78, 5) is 30.0. The Bertz CT molecular complexity index is 517. The number of nitrogens with zero attached hydrogens (tertiary/aromatic N) is 2. The number of anilines is 1. The van der Waals surface area contributed by atoms with Crippen molar-refractivity contribution < 1.29 is 14.6 Å². The number of nitrogens with one attached hydrogen (secondary N) is 1. The van der Waals surface area contributed by atoms with Gasteiger partial charge in [-0.3, -0.25) is 20.2 Å². The fourth-order valence-electron chi connectivity index (χ4n) is 1.07. The molecule has 0 unspecified atom stereocenters. The summed E-state index contributed by atoms with van der Waals surface area (Å²) in [7, 11) is 0. The molecular formula is C7H5ClN4O5. The van der Waals surface area contributed by atoms with Crippen LogP contribution in [-0.2, 0) is 0 Å². The molecule has 0 saturated heterocycles. The molecule has 0 heterocycles. The smallest absolute Gasteiger partial charge is 0.316 e. The van der Waals surface area contributed by atoms with Crippen molar-refractivity contribution in [2.75, 3.05) is 5.32 Å². The van der Waals surface area contributed by atoms with Gasteiger partial charge in [0.15, 0.2) is 0 Å². The van der Waals surface area contributed by atoms with Gasteiger partial charge in [0.25, 0.3) is 5.69 Å². The van der Waals surface area contributed by atoms with Crippen molar-refractivity contribution in [3.05, 3.63) is 37.4 Å². The highest BCUT2D eigenvalue weighted by molar-refractivity contribution is 6.34. The molecular weight excluding hydrogens is 256 g/mol. The average Bonchev–Trinajstić information content (AvgIpc) is 2.19. The molecule has 2 amide bonds. The second kappa shape index (κ2) is 4.61. The first-order valence-electron chi connectivity index (χ1n) is 4.01. The van der Waals surface area contributed by atoms with Gasteiger partial charge in [0.2, 0.25) is 0 Å². The standard InChI is InChI=1S/C7H5ClN4O5/c8-4-1-3(11(14)15)2-5(12(16)17)6(4)10-7(9)13/h1-2H,(H3,9,10,13). The molecule has 90 valence electrons. The van der Waals surface area contributed by atoms with Crippen LogP contribution in [0, 0.1) is 20.2 Å². The van der Waals surface area contributed by atoms with Crippen molar-refractivity contribution in [2.24, 2.45) is 5.73 Å². The Labute approximate surface area is 98.5 Å². The van der Waals surface area contributed by atoms with E-state index in [0.29, 0.717) is 6.07 Å². The van der Waals surface area contributed by atoms with Crippen molar-refractivity contribution in [2.45, 2.75) is 0 Å². The van der Waals surface area contributed by atoms with Crippen LogP contribution in [0.15, 0.2) is 12.1 Å². The molecule has 0 atom stereocenters. The summed E-state index contributed by atoms with van der Waals surface area (Å²) in [5.41, 5.74) is 3.15. The van der Waals surface area contributed by atoms with E-state index in [2.05, 4.69) is 0 Å². The third-order valence-electron chi connectivity index (χ3n) is 1.71. The summed E-state index contributed by atoms with van der Waals surface area (Å²) in [5.74, 6) is 0. The number of non-ortho nitro benzene ring substituents is 1. The minimum Gasteiger partial charge on any atom is -0.351 e. The number of halogens is 1. The number of benzene rings is 1. The topological polar surface area (TPSA) is 141 Å². The van der Waals surface area contributed by atoms with Gasteiger partial charge < -0.3 is 11.1 Å². The van der Waals surface area contributed by atoms with Gasteiger partial charge in [-0.25, -0.2) is 4.79 Å². The summed E-state index contributed by atoms with van der Waals surface area (Å²) in [6, 6.07) is 0.487. The minimum absolute atomic E-state index is 0.343. The number of nitrogens with two attached hydrogens (primary N) is 1. The third kappa shape index (κ3) is 2.78. The highest BCUT2D eigenvalue weighted by Gasteiger charge is 2.24. The van der Waals surface area contributed by atoms with Crippen molar-refractivity contribution in [1.82, 2.24) is 0 Å². The quantitative estimate of drug-likeness (QED) is 0.627. The maximum Gasteiger partial charge on any atom is 0.316 e. The van der Waals surface area contributed by atoms with E-state index in [1.165, 1.54) is 0 Å². The fourth-order valence-corrected chi connectivity index (χ4v) is 1.33. The zero-order chi connectivity index (χ0) is 13.2. The number of primary amides is 1. The number of urea groups is 1. The van der Waals surface area contributed by atoms with E-state index in [0.717, 1.165) is 6.07 Å². The molecule has 0 saturated carbocycles. The first-order chi connectivity index (χ1) is 7.82. The Morgan fingerprint density at radius 3 is 2.29 bits per heavy atom. The SMILES string of the molecule is NC(=O)Nc1c(Cl)cc([N+](=O)[O-])cc1[N+](=O)[O-]. The molecule has 3 N–H and O–H groups in total. The molecule has 1 aromatic rings. The minimum atomic E-state index is -1.07. The van der Waals surface area contributed by atoms with E-state index in [1.54, 1.807) is 0 Å². The van der Waals surface area contributed by atoms with Crippen LogP contribution in [0.2, 0.25) is 5.02 Å². The molecule has 0 aliphatic carbocycles.